The van der Waals surface area contributed by atoms with Crippen molar-refractivity contribution in [3.63, 3.8) is 0 Å². The lowest BCUT2D eigenvalue weighted by molar-refractivity contribution is -0.151. The van der Waals surface area contributed by atoms with E-state index < -0.39 is 18.2 Å². The van der Waals surface area contributed by atoms with Crippen molar-refractivity contribution in [2.24, 2.45) is 0 Å². The van der Waals surface area contributed by atoms with Crippen LogP contribution in [0.4, 0.5) is 0 Å². The topological polar surface area (TPSA) is 95.9 Å². The van der Waals surface area contributed by atoms with E-state index in [1.165, 1.54) is 128 Å². The molecule has 6 heteroatoms. The van der Waals surface area contributed by atoms with Crippen molar-refractivity contribution in [1.82, 2.24) is 5.32 Å². The molecule has 340 valence electrons. The van der Waals surface area contributed by atoms with Gasteiger partial charge in [0.1, 0.15) is 6.10 Å². The quantitative estimate of drug-likeness (QED) is 0.0323. The SMILES string of the molecule is CCCCC/C=C\C/C=C\C/C=C\CCCCCCC(CC(=O)NC(CO)C(O)CCCCCCCCCCCCC)OC(=O)CCCCCCCCCCCCC. The molecular weight excluding hydrogens is 719 g/mol. The minimum atomic E-state index is -0.790. The first-order chi connectivity index (χ1) is 28.5. The van der Waals surface area contributed by atoms with Gasteiger partial charge in [0.15, 0.2) is 0 Å². The molecular formula is C52H97NO5. The lowest BCUT2D eigenvalue weighted by atomic mass is 10.0. The molecule has 0 aromatic heterocycles. The molecule has 3 atom stereocenters. The van der Waals surface area contributed by atoms with Gasteiger partial charge in [0.25, 0.3) is 0 Å². The zero-order chi connectivity index (χ0) is 42.4. The summed E-state index contributed by atoms with van der Waals surface area (Å²) in [6.45, 7) is 6.44. The van der Waals surface area contributed by atoms with Gasteiger partial charge in [-0.1, -0.05) is 218 Å². The summed E-state index contributed by atoms with van der Waals surface area (Å²) in [5.74, 6) is -0.488. The fraction of sp³-hybridized carbons (Fsp3) is 0.846. The molecule has 0 radical (unpaired) electrons. The Bertz CT molecular complexity index is 961. The molecule has 3 N–H and O–H groups in total. The van der Waals surface area contributed by atoms with Gasteiger partial charge in [-0.15, -0.1) is 0 Å². The van der Waals surface area contributed by atoms with Gasteiger partial charge in [0.05, 0.1) is 25.2 Å². The van der Waals surface area contributed by atoms with Crippen molar-refractivity contribution < 1.29 is 24.5 Å². The zero-order valence-corrected chi connectivity index (χ0v) is 38.7. The number of allylic oxidation sites excluding steroid dienone is 6. The molecule has 0 saturated carbocycles. The summed E-state index contributed by atoms with van der Waals surface area (Å²) in [6, 6.07) is -0.705. The lowest BCUT2D eigenvalue weighted by Gasteiger charge is -2.24. The first-order valence-corrected chi connectivity index (χ1v) is 25.2. The number of unbranched alkanes of at least 4 members (excludes halogenated alkanes) is 27. The van der Waals surface area contributed by atoms with Crippen LogP contribution in [0.5, 0.6) is 0 Å². The van der Waals surface area contributed by atoms with Gasteiger partial charge in [-0.25, -0.2) is 0 Å². The van der Waals surface area contributed by atoms with Gasteiger partial charge < -0.3 is 20.3 Å². The highest BCUT2D eigenvalue weighted by molar-refractivity contribution is 5.77. The van der Waals surface area contributed by atoms with Crippen molar-refractivity contribution in [3.05, 3.63) is 36.5 Å². The van der Waals surface area contributed by atoms with Crippen molar-refractivity contribution in [2.75, 3.05) is 6.61 Å². The number of esters is 1. The molecule has 6 nitrogen and oxygen atoms in total. The Morgan fingerprint density at radius 2 is 0.879 bits per heavy atom. The Morgan fingerprint density at radius 1 is 0.500 bits per heavy atom. The highest BCUT2D eigenvalue weighted by atomic mass is 16.5. The number of aliphatic hydroxyl groups excluding tert-OH is 2. The van der Waals surface area contributed by atoms with Crippen LogP contribution in [-0.2, 0) is 14.3 Å². The number of carbonyl (C=O) groups excluding carboxylic acids is 2. The van der Waals surface area contributed by atoms with Crippen molar-refractivity contribution in [1.29, 1.82) is 0 Å². The fourth-order valence-electron chi connectivity index (χ4n) is 7.61. The molecule has 0 aliphatic heterocycles. The summed E-state index contributed by atoms with van der Waals surface area (Å²) in [7, 11) is 0. The highest BCUT2D eigenvalue weighted by Crippen LogP contribution is 2.18. The molecule has 0 bridgehead atoms. The molecule has 0 aromatic rings. The maximum atomic E-state index is 13.2. The van der Waals surface area contributed by atoms with E-state index in [0.29, 0.717) is 19.3 Å². The molecule has 0 spiro atoms. The zero-order valence-electron chi connectivity index (χ0n) is 38.7. The van der Waals surface area contributed by atoms with Gasteiger partial charge in [-0.2, -0.15) is 0 Å². The van der Waals surface area contributed by atoms with Crippen LogP contribution in [0.15, 0.2) is 36.5 Å². The van der Waals surface area contributed by atoms with Crippen LogP contribution < -0.4 is 5.32 Å². The van der Waals surface area contributed by atoms with Gasteiger partial charge >= 0.3 is 5.97 Å². The van der Waals surface area contributed by atoms with Gasteiger partial charge in [-0.3, -0.25) is 9.59 Å². The number of amides is 1. The number of rotatable bonds is 45. The summed E-state index contributed by atoms with van der Waals surface area (Å²) < 4.78 is 5.92. The predicted octanol–water partition coefficient (Wildman–Crippen LogP) is 14.9. The standard InChI is InChI=1S/C52H97NO5/c1-4-7-10-13-16-19-22-23-24-25-26-27-30-31-34-37-40-43-48(58-52(57)45-42-39-36-33-29-21-18-15-12-9-6-3)46-51(56)53-49(47-54)50(55)44-41-38-35-32-28-20-17-14-11-8-5-2/h16,19,23-24,26-27,48-50,54-55H,4-15,17-18,20-22,25,28-47H2,1-3H3,(H,53,56)/b19-16-,24-23-,27-26-. The van der Waals surface area contributed by atoms with Crippen LogP contribution in [0.25, 0.3) is 0 Å². The maximum Gasteiger partial charge on any atom is 0.306 e. The van der Waals surface area contributed by atoms with Crippen LogP contribution in [0.2, 0.25) is 0 Å². The summed E-state index contributed by atoms with van der Waals surface area (Å²) in [5.41, 5.74) is 0. The van der Waals surface area contributed by atoms with Crippen LogP contribution in [0.1, 0.15) is 258 Å². The largest absolute Gasteiger partial charge is 0.462 e. The molecule has 3 unspecified atom stereocenters. The van der Waals surface area contributed by atoms with E-state index in [9.17, 15) is 19.8 Å². The number of nitrogens with one attached hydrogen (secondary N) is 1. The summed E-state index contributed by atoms with van der Waals surface area (Å²) in [4.78, 5) is 26.1. The summed E-state index contributed by atoms with van der Waals surface area (Å²) >= 11 is 0. The predicted molar refractivity (Wildman–Crippen MR) is 250 cm³/mol. The number of hydrogen-bond donors (Lipinski definition) is 3. The first kappa shape index (κ1) is 56.1. The molecule has 58 heavy (non-hydrogen) atoms. The third-order valence-electron chi connectivity index (χ3n) is 11.5. The molecule has 0 aromatic carbocycles. The van der Waals surface area contributed by atoms with Crippen LogP contribution in [-0.4, -0.2) is 46.9 Å². The molecule has 1 amide bonds. The minimum absolute atomic E-state index is 0.0660. The molecule has 0 rings (SSSR count). The third-order valence-corrected chi connectivity index (χ3v) is 11.5. The fourth-order valence-corrected chi connectivity index (χ4v) is 7.61. The Kier molecular flexibility index (Phi) is 44.6. The summed E-state index contributed by atoms with van der Waals surface area (Å²) in [5, 5.41) is 23.7. The number of carbonyl (C=O) groups is 2. The molecule has 0 saturated heterocycles. The smallest absolute Gasteiger partial charge is 0.306 e. The molecule has 0 aliphatic carbocycles. The van der Waals surface area contributed by atoms with E-state index in [1.54, 1.807) is 0 Å². The average Bonchev–Trinajstić information content (AvgIpc) is 3.22. The van der Waals surface area contributed by atoms with E-state index in [2.05, 4.69) is 62.5 Å². The Labute approximate surface area is 360 Å². The van der Waals surface area contributed by atoms with Crippen LogP contribution in [0, 0.1) is 0 Å². The second-order valence-electron chi connectivity index (χ2n) is 17.2. The van der Waals surface area contributed by atoms with E-state index in [-0.39, 0.29) is 24.9 Å². The highest BCUT2D eigenvalue weighted by Gasteiger charge is 2.24. The number of aliphatic hydroxyl groups is 2. The van der Waals surface area contributed by atoms with Crippen LogP contribution >= 0.6 is 0 Å². The summed E-state index contributed by atoms with van der Waals surface area (Å²) in [6.07, 6.45) is 53.4. The van der Waals surface area contributed by atoms with Crippen molar-refractivity contribution >= 4 is 11.9 Å². The second kappa shape index (κ2) is 46.2. The first-order valence-electron chi connectivity index (χ1n) is 25.2. The van der Waals surface area contributed by atoms with E-state index >= 15 is 0 Å². The van der Waals surface area contributed by atoms with Crippen LogP contribution in [0.3, 0.4) is 0 Å². The lowest BCUT2D eigenvalue weighted by Crippen LogP contribution is -2.46. The molecule has 0 fully saturated rings. The van der Waals surface area contributed by atoms with Gasteiger partial charge in [-0.05, 0) is 64.2 Å². The molecule has 0 heterocycles. The minimum Gasteiger partial charge on any atom is -0.462 e. The monoisotopic (exact) mass is 816 g/mol. The third kappa shape index (κ3) is 40.8. The maximum absolute atomic E-state index is 13.2. The normalized spacial score (nSPS) is 13.5. The Morgan fingerprint density at radius 3 is 1.36 bits per heavy atom. The van der Waals surface area contributed by atoms with E-state index in [0.717, 1.165) is 83.5 Å². The number of hydrogen-bond acceptors (Lipinski definition) is 5. The number of ether oxygens (including phenoxy) is 1. The Balaban J connectivity index is 4.62. The Hall–Kier alpha value is -1.92. The van der Waals surface area contributed by atoms with Gasteiger partial charge in [0, 0.05) is 6.42 Å². The van der Waals surface area contributed by atoms with Gasteiger partial charge in [0.2, 0.25) is 5.91 Å². The van der Waals surface area contributed by atoms with E-state index in [1.807, 2.05) is 0 Å². The van der Waals surface area contributed by atoms with Crippen molar-refractivity contribution in [3.8, 4) is 0 Å². The average molecular weight is 816 g/mol. The van der Waals surface area contributed by atoms with Crippen molar-refractivity contribution in [2.45, 2.75) is 277 Å². The van der Waals surface area contributed by atoms with E-state index in [4.69, 9.17) is 4.74 Å². The molecule has 0 aliphatic rings. The second-order valence-corrected chi connectivity index (χ2v) is 17.2.